The second kappa shape index (κ2) is 8.67. The van der Waals surface area contributed by atoms with E-state index in [1.807, 2.05) is 61.5 Å². The number of imide groups is 1. The second-order valence-electron chi connectivity index (χ2n) is 7.81. The number of carbonyl (C=O) groups is 3. The van der Waals surface area contributed by atoms with Gasteiger partial charge in [-0.15, -0.1) is 0 Å². The standard InChI is InChI=1S/C26H24N2O4/c1-17(19-9-12-21(32-3)13-10-19)27(2)24(29)20-11-14-22-23(15-20)26(31)28(25(22)30)16-18-7-5-4-6-8-18/h4-15,17H,16H2,1-3H3. The zero-order chi connectivity index (χ0) is 22.8. The average molecular weight is 428 g/mol. The first-order chi connectivity index (χ1) is 15.4. The third-order valence-corrected chi connectivity index (χ3v) is 5.90. The Morgan fingerprint density at radius 3 is 2.25 bits per heavy atom. The molecule has 1 heterocycles. The molecule has 0 radical (unpaired) electrons. The zero-order valence-electron chi connectivity index (χ0n) is 18.2. The molecule has 6 heteroatoms. The fourth-order valence-electron chi connectivity index (χ4n) is 3.82. The summed E-state index contributed by atoms with van der Waals surface area (Å²) in [6.07, 6.45) is 0. The zero-order valence-corrected chi connectivity index (χ0v) is 18.2. The van der Waals surface area contributed by atoms with Crippen LogP contribution in [0.15, 0.2) is 72.8 Å². The predicted molar refractivity (Wildman–Crippen MR) is 121 cm³/mol. The largest absolute Gasteiger partial charge is 0.497 e. The first kappa shape index (κ1) is 21.3. The lowest BCUT2D eigenvalue weighted by atomic mass is 10.0. The van der Waals surface area contributed by atoms with Crippen molar-refractivity contribution in [3.63, 3.8) is 0 Å². The van der Waals surface area contributed by atoms with Crippen LogP contribution in [0.3, 0.4) is 0 Å². The summed E-state index contributed by atoms with van der Waals surface area (Å²) in [7, 11) is 3.33. The van der Waals surface area contributed by atoms with Crippen molar-refractivity contribution in [3.8, 4) is 5.75 Å². The van der Waals surface area contributed by atoms with E-state index in [9.17, 15) is 14.4 Å². The second-order valence-corrected chi connectivity index (χ2v) is 7.81. The van der Waals surface area contributed by atoms with E-state index >= 15 is 0 Å². The molecule has 32 heavy (non-hydrogen) atoms. The minimum absolute atomic E-state index is 0.187. The number of hydrogen-bond acceptors (Lipinski definition) is 4. The van der Waals surface area contributed by atoms with E-state index in [2.05, 4.69) is 0 Å². The third-order valence-electron chi connectivity index (χ3n) is 5.90. The molecular formula is C26H24N2O4. The molecule has 1 unspecified atom stereocenters. The summed E-state index contributed by atoms with van der Waals surface area (Å²) < 4.78 is 5.19. The van der Waals surface area contributed by atoms with Gasteiger partial charge in [0.1, 0.15) is 5.75 Å². The molecule has 3 amide bonds. The Labute approximate surface area is 187 Å². The Morgan fingerprint density at radius 2 is 1.59 bits per heavy atom. The number of nitrogens with zero attached hydrogens (tertiary/aromatic N) is 2. The topological polar surface area (TPSA) is 66.9 Å². The number of amides is 3. The summed E-state index contributed by atoms with van der Waals surface area (Å²) in [5, 5.41) is 0. The van der Waals surface area contributed by atoms with Gasteiger partial charge >= 0.3 is 0 Å². The molecule has 0 fully saturated rings. The van der Waals surface area contributed by atoms with E-state index in [1.54, 1.807) is 31.2 Å². The monoisotopic (exact) mass is 428 g/mol. The summed E-state index contributed by atoms with van der Waals surface area (Å²) in [4.78, 5) is 41.7. The summed E-state index contributed by atoms with van der Waals surface area (Å²) in [6, 6.07) is 21.4. The Hall–Kier alpha value is -3.93. The highest BCUT2D eigenvalue weighted by Gasteiger charge is 2.36. The fourth-order valence-corrected chi connectivity index (χ4v) is 3.82. The van der Waals surface area contributed by atoms with Crippen molar-refractivity contribution >= 4 is 17.7 Å². The van der Waals surface area contributed by atoms with E-state index in [-0.39, 0.29) is 35.9 Å². The number of benzene rings is 3. The van der Waals surface area contributed by atoms with Crippen LogP contribution in [0.5, 0.6) is 5.75 Å². The Bertz CT molecular complexity index is 1170. The van der Waals surface area contributed by atoms with Gasteiger partial charge in [-0.3, -0.25) is 19.3 Å². The van der Waals surface area contributed by atoms with Gasteiger partial charge < -0.3 is 9.64 Å². The van der Waals surface area contributed by atoms with Crippen LogP contribution < -0.4 is 4.74 Å². The molecule has 0 aliphatic carbocycles. The van der Waals surface area contributed by atoms with Crippen LogP contribution in [-0.2, 0) is 6.54 Å². The third kappa shape index (κ3) is 3.87. The van der Waals surface area contributed by atoms with Crippen molar-refractivity contribution in [2.75, 3.05) is 14.2 Å². The van der Waals surface area contributed by atoms with Crippen molar-refractivity contribution in [1.82, 2.24) is 9.80 Å². The summed E-state index contributed by atoms with van der Waals surface area (Å²) >= 11 is 0. The van der Waals surface area contributed by atoms with Crippen LogP contribution >= 0.6 is 0 Å². The predicted octanol–water partition coefficient (Wildman–Crippen LogP) is 4.32. The van der Waals surface area contributed by atoms with Crippen LogP contribution in [0.2, 0.25) is 0 Å². The molecule has 0 saturated carbocycles. The van der Waals surface area contributed by atoms with E-state index in [4.69, 9.17) is 4.74 Å². The van der Waals surface area contributed by atoms with Gasteiger partial charge in [0.2, 0.25) is 0 Å². The number of fused-ring (bicyclic) bond motifs is 1. The van der Waals surface area contributed by atoms with Gasteiger partial charge in [-0.1, -0.05) is 42.5 Å². The summed E-state index contributed by atoms with van der Waals surface area (Å²) in [5.41, 5.74) is 2.79. The van der Waals surface area contributed by atoms with Gasteiger partial charge in [-0.25, -0.2) is 0 Å². The minimum Gasteiger partial charge on any atom is -0.497 e. The minimum atomic E-state index is -0.380. The Balaban J connectivity index is 1.54. The first-order valence-corrected chi connectivity index (χ1v) is 10.4. The molecule has 1 aliphatic rings. The van der Waals surface area contributed by atoms with Gasteiger partial charge in [0.15, 0.2) is 0 Å². The van der Waals surface area contributed by atoms with Crippen molar-refractivity contribution in [2.24, 2.45) is 0 Å². The van der Waals surface area contributed by atoms with E-state index in [1.165, 1.54) is 11.0 Å². The number of carbonyl (C=O) groups excluding carboxylic acids is 3. The molecule has 0 bridgehead atoms. The SMILES string of the molecule is COc1ccc(C(C)N(C)C(=O)c2ccc3c(c2)C(=O)N(Cc2ccccc2)C3=O)cc1. The van der Waals surface area contributed by atoms with E-state index in [0.717, 1.165) is 16.9 Å². The maximum absolute atomic E-state index is 13.1. The Morgan fingerprint density at radius 1 is 0.938 bits per heavy atom. The molecular weight excluding hydrogens is 404 g/mol. The van der Waals surface area contributed by atoms with Gasteiger partial charge in [0, 0.05) is 12.6 Å². The molecule has 1 aliphatic heterocycles. The summed E-state index contributed by atoms with van der Waals surface area (Å²) in [6.45, 7) is 2.13. The molecule has 0 spiro atoms. The molecule has 6 nitrogen and oxygen atoms in total. The van der Waals surface area contributed by atoms with Crippen molar-refractivity contribution < 1.29 is 19.1 Å². The number of methoxy groups -OCH3 is 1. The first-order valence-electron chi connectivity index (χ1n) is 10.4. The lowest BCUT2D eigenvalue weighted by Gasteiger charge is -2.25. The molecule has 0 saturated heterocycles. The van der Waals surface area contributed by atoms with E-state index < -0.39 is 0 Å². The van der Waals surface area contributed by atoms with Crippen LogP contribution in [0.25, 0.3) is 0 Å². The van der Waals surface area contributed by atoms with Crippen molar-refractivity contribution in [3.05, 3.63) is 101 Å². The van der Waals surface area contributed by atoms with Gasteiger partial charge in [0.25, 0.3) is 17.7 Å². The maximum Gasteiger partial charge on any atom is 0.261 e. The van der Waals surface area contributed by atoms with Crippen molar-refractivity contribution in [2.45, 2.75) is 19.5 Å². The normalized spacial score (nSPS) is 13.7. The van der Waals surface area contributed by atoms with Crippen LogP contribution in [0.1, 0.15) is 55.2 Å². The highest BCUT2D eigenvalue weighted by atomic mass is 16.5. The van der Waals surface area contributed by atoms with Gasteiger partial charge in [-0.2, -0.15) is 0 Å². The molecule has 0 N–H and O–H groups in total. The lowest BCUT2D eigenvalue weighted by Crippen LogP contribution is -2.30. The number of rotatable bonds is 6. The van der Waals surface area contributed by atoms with Crippen molar-refractivity contribution in [1.29, 1.82) is 0 Å². The van der Waals surface area contributed by atoms with Gasteiger partial charge in [-0.05, 0) is 48.4 Å². The molecule has 4 rings (SSSR count). The maximum atomic E-state index is 13.1. The average Bonchev–Trinajstić information content (AvgIpc) is 3.07. The molecule has 3 aromatic rings. The number of hydrogen-bond donors (Lipinski definition) is 0. The molecule has 162 valence electrons. The number of ether oxygens (including phenoxy) is 1. The highest BCUT2D eigenvalue weighted by molar-refractivity contribution is 6.22. The molecule has 3 aromatic carbocycles. The molecule has 1 atom stereocenters. The summed E-state index contributed by atoms with van der Waals surface area (Å²) in [5.74, 6) is -0.197. The smallest absolute Gasteiger partial charge is 0.261 e. The van der Waals surface area contributed by atoms with Crippen LogP contribution in [0, 0.1) is 0 Å². The molecule has 0 aromatic heterocycles. The lowest BCUT2D eigenvalue weighted by molar-refractivity contribution is 0.0642. The van der Waals surface area contributed by atoms with E-state index in [0.29, 0.717) is 11.1 Å². The fraction of sp³-hybridized carbons (Fsp3) is 0.192. The highest BCUT2D eigenvalue weighted by Crippen LogP contribution is 2.28. The van der Waals surface area contributed by atoms with Crippen LogP contribution in [0.4, 0.5) is 0 Å². The van der Waals surface area contributed by atoms with Gasteiger partial charge in [0.05, 0.1) is 30.8 Å². The van der Waals surface area contributed by atoms with Crippen LogP contribution in [-0.4, -0.2) is 41.7 Å². The quantitative estimate of drug-likeness (QED) is 0.549. The Kier molecular flexibility index (Phi) is 5.77.